The first-order valence-corrected chi connectivity index (χ1v) is 6.62. The number of rotatable bonds is 3. The third-order valence-electron chi connectivity index (χ3n) is 1.84. The molecule has 1 atom stereocenters. The van der Waals surface area contributed by atoms with Gasteiger partial charge >= 0.3 is 0 Å². The molecule has 0 saturated carbocycles. The van der Waals surface area contributed by atoms with Crippen LogP contribution in [0.3, 0.4) is 0 Å². The molecule has 0 aromatic heterocycles. The number of hydrogen-bond donors (Lipinski definition) is 0. The molecule has 0 aliphatic carbocycles. The van der Waals surface area contributed by atoms with Crippen molar-refractivity contribution in [2.24, 2.45) is 0 Å². The van der Waals surface area contributed by atoms with Crippen LogP contribution in [-0.4, -0.2) is 10.6 Å². The summed E-state index contributed by atoms with van der Waals surface area (Å²) >= 11 is 11.3. The minimum absolute atomic E-state index is 0.0806. The van der Waals surface area contributed by atoms with E-state index in [-0.39, 0.29) is 10.6 Å². The average molecular weight is 387 g/mol. The van der Waals surface area contributed by atoms with Crippen molar-refractivity contribution in [2.75, 3.05) is 0 Å². The fraction of sp³-hybridized carbons (Fsp3) is 0.300. The molecule has 14 heavy (non-hydrogen) atoms. The molecule has 0 fully saturated rings. The molecule has 0 N–H and O–H groups in total. The molecular weight excluding hydrogens is 378 g/mol. The Hall–Kier alpha value is 0.390. The summed E-state index contributed by atoms with van der Waals surface area (Å²) in [4.78, 5) is 11.6. The molecule has 1 aromatic rings. The zero-order valence-corrected chi connectivity index (χ0v) is 12.1. The zero-order valence-electron chi connectivity index (χ0n) is 7.56. The van der Waals surface area contributed by atoms with Crippen LogP contribution in [0, 0.1) is 3.57 Å². The van der Waals surface area contributed by atoms with Gasteiger partial charge in [-0.15, -0.1) is 11.6 Å². The Labute approximate surface area is 110 Å². The normalized spacial score (nSPS) is 12.6. The average Bonchev–Trinajstić information content (AvgIpc) is 2.16. The van der Waals surface area contributed by atoms with Crippen LogP contribution in [0.4, 0.5) is 0 Å². The highest BCUT2D eigenvalue weighted by Crippen LogP contribution is 2.19. The van der Waals surface area contributed by atoms with Crippen molar-refractivity contribution >= 4 is 55.9 Å². The molecule has 1 aromatic carbocycles. The number of alkyl halides is 2. The molecule has 1 unspecified atom stereocenters. The molecule has 0 heterocycles. The van der Waals surface area contributed by atoms with Crippen LogP contribution < -0.4 is 0 Å². The second-order valence-corrected chi connectivity index (χ2v) is 5.80. The monoisotopic (exact) mass is 386 g/mol. The molecule has 4 heteroatoms. The third kappa shape index (κ3) is 2.94. The lowest BCUT2D eigenvalue weighted by Gasteiger charge is -2.08. The minimum Gasteiger partial charge on any atom is -0.293 e. The van der Waals surface area contributed by atoms with Gasteiger partial charge in [0, 0.05) is 15.0 Å². The first-order chi connectivity index (χ1) is 6.56. The first kappa shape index (κ1) is 12.5. The van der Waals surface area contributed by atoms with E-state index in [1.165, 1.54) is 0 Å². The Kier molecular flexibility index (Phi) is 4.87. The molecule has 1 nitrogen and oxygen atoms in total. The Morgan fingerprint density at radius 1 is 1.64 bits per heavy atom. The Morgan fingerprint density at radius 2 is 2.29 bits per heavy atom. The first-order valence-electron chi connectivity index (χ1n) is 4.09. The largest absolute Gasteiger partial charge is 0.293 e. The third-order valence-corrected chi connectivity index (χ3v) is 3.21. The highest BCUT2D eigenvalue weighted by atomic mass is 127. The molecule has 0 bridgehead atoms. The van der Waals surface area contributed by atoms with Crippen LogP contribution in [0.15, 0.2) is 18.2 Å². The number of hydrogen-bond acceptors (Lipinski definition) is 1. The maximum Gasteiger partial charge on any atom is 0.176 e. The van der Waals surface area contributed by atoms with Crippen molar-refractivity contribution in [3.8, 4) is 0 Å². The van der Waals surface area contributed by atoms with E-state index in [9.17, 15) is 4.79 Å². The minimum atomic E-state index is -0.162. The van der Waals surface area contributed by atoms with Crippen LogP contribution in [-0.2, 0) is 5.88 Å². The lowest BCUT2D eigenvalue weighted by molar-refractivity contribution is 0.0995. The van der Waals surface area contributed by atoms with Gasteiger partial charge in [-0.1, -0.05) is 15.9 Å². The second-order valence-electron chi connectivity index (χ2n) is 2.92. The summed E-state index contributed by atoms with van der Waals surface area (Å²) in [5, 5.41) is 0. The number of carbonyl (C=O) groups is 1. The lowest BCUT2D eigenvalue weighted by Crippen LogP contribution is -2.12. The van der Waals surface area contributed by atoms with Gasteiger partial charge in [-0.2, -0.15) is 0 Å². The van der Waals surface area contributed by atoms with Crippen molar-refractivity contribution < 1.29 is 4.79 Å². The van der Waals surface area contributed by atoms with Gasteiger partial charge in [0.25, 0.3) is 0 Å². The van der Waals surface area contributed by atoms with Crippen LogP contribution in [0.2, 0.25) is 0 Å². The van der Waals surface area contributed by atoms with Gasteiger partial charge in [0.1, 0.15) is 0 Å². The van der Waals surface area contributed by atoms with E-state index in [0.29, 0.717) is 11.4 Å². The molecule has 0 aliphatic rings. The standard InChI is InChI=1S/C10H9BrClIO/c1-6(11)10(14)9-3-2-8(13)4-7(9)5-12/h2-4,6H,5H2,1H3. The van der Waals surface area contributed by atoms with E-state index < -0.39 is 0 Å². The van der Waals surface area contributed by atoms with Crippen molar-refractivity contribution in [1.29, 1.82) is 0 Å². The van der Waals surface area contributed by atoms with Gasteiger partial charge in [0.15, 0.2) is 5.78 Å². The van der Waals surface area contributed by atoms with Crippen LogP contribution in [0.1, 0.15) is 22.8 Å². The number of carbonyl (C=O) groups excluding carboxylic acids is 1. The quantitative estimate of drug-likeness (QED) is 0.435. The van der Waals surface area contributed by atoms with Crippen molar-refractivity contribution in [2.45, 2.75) is 17.6 Å². The summed E-state index contributed by atoms with van der Waals surface area (Å²) < 4.78 is 1.09. The molecule has 76 valence electrons. The molecule has 1 rings (SSSR count). The van der Waals surface area contributed by atoms with Gasteiger partial charge < -0.3 is 0 Å². The van der Waals surface area contributed by atoms with Gasteiger partial charge in [0.2, 0.25) is 0 Å². The predicted octanol–water partition coefficient (Wildman–Crippen LogP) is 4.00. The van der Waals surface area contributed by atoms with Gasteiger partial charge in [-0.05, 0) is 53.3 Å². The number of benzene rings is 1. The van der Waals surface area contributed by atoms with E-state index in [1.807, 2.05) is 25.1 Å². The van der Waals surface area contributed by atoms with E-state index in [0.717, 1.165) is 9.13 Å². The number of halogens is 3. The van der Waals surface area contributed by atoms with Crippen LogP contribution in [0.5, 0.6) is 0 Å². The van der Waals surface area contributed by atoms with Gasteiger partial charge in [-0.3, -0.25) is 4.79 Å². The zero-order chi connectivity index (χ0) is 10.7. The molecule has 0 radical (unpaired) electrons. The van der Waals surface area contributed by atoms with E-state index in [1.54, 1.807) is 0 Å². The summed E-state index contributed by atoms with van der Waals surface area (Å²) in [5.41, 5.74) is 1.61. The maximum atomic E-state index is 11.7. The maximum absolute atomic E-state index is 11.7. The Bertz CT molecular complexity index is 352. The second kappa shape index (κ2) is 5.47. The Morgan fingerprint density at radius 3 is 2.79 bits per heavy atom. The summed E-state index contributed by atoms with van der Waals surface area (Å²) in [6, 6.07) is 5.69. The SMILES string of the molecule is CC(Br)C(=O)c1ccc(I)cc1CCl. The highest BCUT2D eigenvalue weighted by molar-refractivity contribution is 14.1. The van der Waals surface area contributed by atoms with Crippen LogP contribution in [0.25, 0.3) is 0 Å². The topological polar surface area (TPSA) is 17.1 Å². The fourth-order valence-corrected chi connectivity index (χ4v) is 2.15. The molecular formula is C10H9BrClIO. The summed E-state index contributed by atoms with van der Waals surface area (Å²) in [6.45, 7) is 1.82. The summed E-state index contributed by atoms with van der Waals surface area (Å²) in [6.07, 6.45) is 0. The molecule has 0 aliphatic heterocycles. The fourth-order valence-electron chi connectivity index (χ4n) is 1.13. The Balaban J connectivity index is 3.14. The van der Waals surface area contributed by atoms with Gasteiger partial charge in [-0.25, -0.2) is 0 Å². The van der Waals surface area contributed by atoms with Crippen LogP contribution >= 0.6 is 50.1 Å². The van der Waals surface area contributed by atoms with E-state index >= 15 is 0 Å². The molecule has 0 saturated heterocycles. The number of ketones is 1. The van der Waals surface area contributed by atoms with E-state index in [2.05, 4.69) is 38.5 Å². The van der Waals surface area contributed by atoms with Crippen molar-refractivity contribution in [3.05, 3.63) is 32.9 Å². The molecule has 0 amide bonds. The van der Waals surface area contributed by atoms with E-state index in [4.69, 9.17) is 11.6 Å². The highest BCUT2D eigenvalue weighted by Gasteiger charge is 2.15. The summed E-state index contributed by atoms with van der Waals surface area (Å²) in [5.74, 6) is 0.453. The molecule has 0 spiro atoms. The summed E-state index contributed by atoms with van der Waals surface area (Å²) in [7, 11) is 0. The lowest BCUT2D eigenvalue weighted by atomic mass is 10.0. The van der Waals surface area contributed by atoms with Gasteiger partial charge in [0.05, 0.1) is 4.83 Å². The predicted molar refractivity (Wildman–Crippen MR) is 71.4 cm³/mol. The smallest absolute Gasteiger partial charge is 0.176 e. The number of Topliss-reactive ketones (excluding diaryl/α,β-unsaturated/α-hetero) is 1. The van der Waals surface area contributed by atoms with Crippen molar-refractivity contribution in [3.63, 3.8) is 0 Å². The van der Waals surface area contributed by atoms with Crippen molar-refractivity contribution in [1.82, 2.24) is 0 Å².